The number of nitrogens with zero attached hydrogens (tertiary/aromatic N) is 1. The summed E-state index contributed by atoms with van der Waals surface area (Å²) in [7, 11) is 4.45. The highest BCUT2D eigenvalue weighted by Crippen LogP contribution is 2.39. The van der Waals surface area contributed by atoms with Crippen molar-refractivity contribution in [3.8, 4) is 17.2 Å². The van der Waals surface area contributed by atoms with E-state index in [4.69, 9.17) is 14.2 Å². The van der Waals surface area contributed by atoms with Gasteiger partial charge < -0.3 is 24.2 Å². The van der Waals surface area contributed by atoms with Gasteiger partial charge in [-0.1, -0.05) is 30.3 Å². The van der Waals surface area contributed by atoms with Crippen molar-refractivity contribution < 1.29 is 28.9 Å². The molecule has 1 heterocycles. The largest absolute Gasteiger partial charge is 0.493 e. The first-order chi connectivity index (χ1) is 13.5. The number of amides is 1. The molecule has 1 saturated heterocycles. The van der Waals surface area contributed by atoms with Crippen molar-refractivity contribution in [2.45, 2.75) is 5.92 Å². The van der Waals surface area contributed by atoms with Crippen LogP contribution in [0.25, 0.3) is 0 Å². The Morgan fingerprint density at radius 1 is 0.964 bits per heavy atom. The van der Waals surface area contributed by atoms with E-state index < -0.39 is 11.9 Å². The summed E-state index contributed by atoms with van der Waals surface area (Å²) in [5.41, 5.74) is 1.27. The van der Waals surface area contributed by atoms with E-state index in [2.05, 4.69) is 0 Å². The molecule has 1 fully saturated rings. The molecule has 0 radical (unpaired) electrons. The summed E-state index contributed by atoms with van der Waals surface area (Å²) >= 11 is 0. The molecule has 0 spiro atoms. The van der Waals surface area contributed by atoms with Gasteiger partial charge in [0.05, 0.1) is 27.2 Å². The minimum atomic E-state index is -0.908. The molecule has 1 aliphatic heterocycles. The van der Waals surface area contributed by atoms with Crippen LogP contribution < -0.4 is 14.2 Å². The maximum absolute atomic E-state index is 13.1. The molecule has 0 unspecified atom stereocenters. The molecule has 0 saturated carbocycles. The van der Waals surface area contributed by atoms with Crippen molar-refractivity contribution in [3.63, 3.8) is 0 Å². The predicted molar refractivity (Wildman–Crippen MR) is 102 cm³/mol. The van der Waals surface area contributed by atoms with Crippen molar-refractivity contribution in [1.82, 2.24) is 4.90 Å². The average molecular weight is 385 g/mol. The smallest absolute Gasteiger partial charge is 0.308 e. The van der Waals surface area contributed by atoms with Gasteiger partial charge in [0.1, 0.15) is 0 Å². The van der Waals surface area contributed by atoms with E-state index in [9.17, 15) is 14.7 Å². The Labute approximate surface area is 163 Å². The lowest BCUT2D eigenvalue weighted by Crippen LogP contribution is -2.30. The lowest BCUT2D eigenvalue weighted by molar-refractivity contribution is -0.141. The highest BCUT2D eigenvalue weighted by Gasteiger charge is 2.40. The fraction of sp³-hybridized carbons (Fsp3) is 0.333. The van der Waals surface area contributed by atoms with Crippen LogP contribution >= 0.6 is 0 Å². The number of likely N-dealkylation sites (tertiary alicyclic amines) is 1. The van der Waals surface area contributed by atoms with Gasteiger partial charge in [0, 0.05) is 24.6 Å². The Balaban J connectivity index is 1.92. The molecule has 3 rings (SSSR count). The molecule has 0 bridgehead atoms. The van der Waals surface area contributed by atoms with E-state index in [1.807, 2.05) is 30.3 Å². The molecule has 2 atom stereocenters. The molecule has 0 aromatic heterocycles. The number of aliphatic carboxylic acids is 1. The van der Waals surface area contributed by atoms with Crippen molar-refractivity contribution in [2.24, 2.45) is 5.92 Å². The van der Waals surface area contributed by atoms with Gasteiger partial charge in [-0.05, 0) is 17.7 Å². The van der Waals surface area contributed by atoms with Gasteiger partial charge >= 0.3 is 5.97 Å². The minimum absolute atomic E-state index is 0.143. The number of hydrogen-bond acceptors (Lipinski definition) is 5. The van der Waals surface area contributed by atoms with Gasteiger partial charge in [0.25, 0.3) is 5.91 Å². The molecular weight excluding hydrogens is 362 g/mol. The topological polar surface area (TPSA) is 85.3 Å². The summed E-state index contributed by atoms with van der Waals surface area (Å²) in [4.78, 5) is 26.5. The number of rotatable bonds is 6. The standard InChI is InChI=1S/C21H23NO6/c1-26-17-9-14(10-18(27-2)19(17)28-3)20(23)22-11-15(16(12-22)21(24)25)13-7-5-4-6-8-13/h4-10,15-16H,11-12H2,1-3H3,(H,24,25)/t15-,16-/m0/s1. The average Bonchev–Trinajstić information content (AvgIpc) is 3.18. The lowest BCUT2D eigenvalue weighted by atomic mass is 9.89. The molecule has 2 aromatic rings. The van der Waals surface area contributed by atoms with Crippen LogP contribution in [0, 0.1) is 5.92 Å². The van der Waals surface area contributed by atoms with Crippen molar-refractivity contribution in [2.75, 3.05) is 34.4 Å². The zero-order valence-electron chi connectivity index (χ0n) is 16.0. The minimum Gasteiger partial charge on any atom is -0.493 e. The SMILES string of the molecule is COc1cc(C(=O)N2C[C@H](C(=O)O)[C@H](c3ccccc3)C2)cc(OC)c1OC. The maximum atomic E-state index is 13.1. The predicted octanol–water partition coefficient (Wildman–Crippen LogP) is 2.65. The van der Waals surface area contributed by atoms with Gasteiger partial charge in [-0.15, -0.1) is 0 Å². The van der Waals surface area contributed by atoms with Gasteiger partial charge in [-0.3, -0.25) is 9.59 Å². The summed E-state index contributed by atoms with van der Waals surface area (Å²) in [5, 5.41) is 9.65. The number of carbonyl (C=O) groups is 2. The van der Waals surface area contributed by atoms with Gasteiger partial charge in [0.15, 0.2) is 11.5 Å². The van der Waals surface area contributed by atoms with Crippen LogP contribution in [0.2, 0.25) is 0 Å². The van der Waals surface area contributed by atoms with E-state index in [0.717, 1.165) is 5.56 Å². The first-order valence-electron chi connectivity index (χ1n) is 8.87. The van der Waals surface area contributed by atoms with E-state index in [-0.39, 0.29) is 18.4 Å². The number of carboxylic acid groups (broad SMARTS) is 1. The summed E-state index contributed by atoms with van der Waals surface area (Å²) in [5.74, 6) is -0.956. The molecule has 7 heteroatoms. The molecule has 1 amide bonds. The highest BCUT2D eigenvalue weighted by molar-refractivity contribution is 5.96. The highest BCUT2D eigenvalue weighted by atomic mass is 16.5. The zero-order valence-corrected chi connectivity index (χ0v) is 16.0. The number of benzene rings is 2. The Morgan fingerprint density at radius 3 is 2.07 bits per heavy atom. The second kappa shape index (κ2) is 8.21. The summed E-state index contributed by atoms with van der Waals surface area (Å²) in [6, 6.07) is 12.6. The number of hydrogen-bond donors (Lipinski definition) is 1. The lowest BCUT2D eigenvalue weighted by Gasteiger charge is -2.19. The third kappa shape index (κ3) is 3.60. The number of carbonyl (C=O) groups excluding carboxylic acids is 1. The Morgan fingerprint density at radius 2 is 1.57 bits per heavy atom. The van der Waals surface area contributed by atoms with Crippen LogP contribution in [0.4, 0.5) is 0 Å². The quantitative estimate of drug-likeness (QED) is 0.823. The third-order valence-corrected chi connectivity index (χ3v) is 5.06. The van der Waals surface area contributed by atoms with E-state index >= 15 is 0 Å². The molecular formula is C21H23NO6. The van der Waals surface area contributed by atoms with E-state index in [0.29, 0.717) is 29.4 Å². The summed E-state index contributed by atoms with van der Waals surface area (Å²) < 4.78 is 15.9. The number of methoxy groups -OCH3 is 3. The van der Waals surface area contributed by atoms with E-state index in [1.165, 1.54) is 21.3 Å². The van der Waals surface area contributed by atoms with Crippen LogP contribution in [0.5, 0.6) is 17.2 Å². The molecule has 2 aromatic carbocycles. The van der Waals surface area contributed by atoms with Crippen molar-refractivity contribution in [1.29, 1.82) is 0 Å². The molecule has 0 aliphatic carbocycles. The molecule has 1 aliphatic rings. The van der Waals surface area contributed by atoms with Gasteiger partial charge in [-0.25, -0.2) is 0 Å². The van der Waals surface area contributed by atoms with Crippen LogP contribution in [-0.2, 0) is 4.79 Å². The van der Waals surface area contributed by atoms with Crippen molar-refractivity contribution in [3.05, 3.63) is 53.6 Å². The van der Waals surface area contributed by atoms with Crippen molar-refractivity contribution >= 4 is 11.9 Å². The molecule has 1 N–H and O–H groups in total. The first kappa shape index (κ1) is 19.5. The first-order valence-corrected chi connectivity index (χ1v) is 8.87. The van der Waals surface area contributed by atoms with Crippen LogP contribution in [0.1, 0.15) is 21.8 Å². The normalized spacial score (nSPS) is 18.6. The fourth-order valence-corrected chi connectivity index (χ4v) is 3.64. The van der Waals surface area contributed by atoms with Crippen LogP contribution in [-0.4, -0.2) is 56.3 Å². The summed E-state index contributed by atoms with van der Waals surface area (Å²) in [6.45, 7) is 0.473. The molecule has 7 nitrogen and oxygen atoms in total. The third-order valence-electron chi connectivity index (χ3n) is 5.06. The molecule has 28 heavy (non-hydrogen) atoms. The monoisotopic (exact) mass is 385 g/mol. The van der Waals surface area contributed by atoms with Gasteiger partial charge in [0.2, 0.25) is 5.75 Å². The Kier molecular flexibility index (Phi) is 5.73. The Bertz CT molecular complexity index is 841. The number of carboxylic acids is 1. The maximum Gasteiger partial charge on any atom is 0.308 e. The zero-order chi connectivity index (χ0) is 20.3. The van der Waals surface area contributed by atoms with E-state index in [1.54, 1.807) is 17.0 Å². The molecule has 148 valence electrons. The van der Waals surface area contributed by atoms with Gasteiger partial charge in [-0.2, -0.15) is 0 Å². The van der Waals surface area contributed by atoms with Crippen LogP contribution in [0.15, 0.2) is 42.5 Å². The number of ether oxygens (including phenoxy) is 3. The second-order valence-electron chi connectivity index (χ2n) is 6.59. The summed E-state index contributed by atoms with van der Waals surface area (Å²) in [6.07, 6.45) is 0. The fourth-order valence-electron chi connectivity index (χ4n) is 3.64. The van der Waals surface area contributed by atoms with Crippen LogP contribution in [0.3, 0.4) is 0 Å². The second-order valence-corrected chi connectivity index (χ2v) is 6.59. The Hall–Kier alpha value is -3.22.